The molecule has 382 valence electrons. The van der Waals surface area contributed by atoms with Crippen LogP contribution in [0.2, 0.25) is 18.1 Å². The second-order valence-electron chi connectivity index (χ2n) is 21.5. The number of ketones is 1. The van der Waals surface area contributed by atoms with Crippen molar-refractivity contribution in [3.8, 4) is 0 Å². The number of fused-ring (bicyclic) bond motifs is 5. The first-order chi connectivity index (χ1) is 33.2. The van der Waals surface area contributed by atoms with Gasteiger partial charge < -0.3 is 43.3 Å². The molecule has 1 amide bonds. The minimum absolute atomic E-state index is 0.107. The lowest BCUT2D eigenvalue weighted by Gasteiger charge is -2.67. The van der Waals surface area contributed by atoms with E-state index < -0.39 is 132 Å². The molecular weight excluding hydrogens is 950 g/mol. The molecule has 1 aliphatic heterocycles. The Morgan fingerprint density at radius 2 is 1.46 bits per heavy atom. The van der Waals surface area contributed by atoms with E-state index >= 15 is 9.59 Å². The maximum Gasteiger partial charge on any atom is 0.509 e. The van der Waals surface area contributed by atoms with Crippen LogP contribution in [0.1, 0.15) is 107 Å². The molecule has 17 heteroatoms. The molecule has 3 aromatic rings. The van der Waals surface area contributed by atoms with E-state index in [1.807, 2.05) is 39.9 Å². The molecule has 3 fully saturated rings. The van der Waals surface area contributed by atoms with Gasteiger partial charge in [0.05, 0.1) is 29.5 Å². The van der Waals surface area contributed by atoms with E-state index in [2.05, 4.69) is 5.32 Å². The molecule has 4 aliphatic rings. The standard InChI is InChI=1S/C54H66ClNO14Si/c1-31-37(66-48(61)42(70-71(10,11)50(4,5)6)41(34-21-15-12-16-22-34)56-46(59)35-23-17-13-18-24-35)28-54(63)45(68-47(60)36-25-19-14-20-26-36)43-52(9,44(58)32(2)40(31)51(54,7)8)38(67-49(62)65-30-55)27-39-53(43,29-64-39)69-33(3)57/h12-26,32,37-39,41-43,45,63H,27-30H2,1-11H3,(H,56,59)/t32-,37?,38+,39?,41?,42-,43+,45+,52-,53+,54-/m1/s1. The molecule has 0 aromatic heterocycles. The lowest BCUT2D eigenvalue weighted by Crippen LogP contribution is -2.81. The predicted molar refractivity (Wildman–Crippen MR) is 263 cm³/mol. The van der Waals surface area contributed by atoms with Gasteiger partial charge in [-0.1, -0.05) is 120 Å². The highest BCUT2D eigenvalue weighted by atomic mass is 35.5. The fraction of sp³-hybridized carbons (Fsp3) is 0.519. The fourth-order valence-electron chi connectivity index (χ4n) is 11.4. The number of amides is 1. The Hall–Kier alpha value is -5.39. The van der Waals surface area contributed by atoms with Gasteiger partial charge in [-0.3, -0.25) is 14.4 Å². The van der Waals surface area contributed by atoms with E-state index in [4.69, 9.17) is 44.4 Å². The first-order valence-electron chi connectivity index (χ1n) is 24.0. The highest BCUT2D eigenvalue weighted by molar-refractivity contribution is 6.74. The maximum atomic E-state index is 15.9. The number of Topliss-reactive ketones (excluding diaryl/α,β-unsaturated/α-hetero) is 1. The summed E-state index contributed by atoms with van der Waals surface area (Å²) in [5.74, 6) is -6.02. The SMILES string of the molecule is CC(=O)O[C@@]12COC1C[C@H](OC(=O)OCCl)[C@@]1(C)C(=O)[C@H](C)C3=C(C)C(OC(=O)[C@H](O[Si](C)(C)C(C)(C)C)C(NC(=O)c4ccccc4)c4ccccc4)C[C@@](O)([C@@H](OC(=O)c4ccccc4)[C@@H]12)C3(C)C. The second kappa shape index (κ2) is 19.9. The van der Waals surface area contributed by atoms with Crippen molar-refractivity contribution in [3.05, 3.63) is 119 Å². The van der Waals surface area contributed by atoms with Crippen molar-refractivity contribution in [2.75, 3.05) is 12.7 Å². The average Bonchev–Trinajstić information content (AvgIpc) is 3.31. The molecule has 1 saturated heterocycles. The number of nitrogens with one attached hydrogen (secondary N) is 1. The number of hydrogen-bond acceptors (Lipinski definition) is 14. The van der Waals surface area contributed by atoms with Crippen molar-refractivity contribution in [3.63, 3.8) is 0 Å². The van der Waals surface area contributed by atoms with E-state index in [9.17, 15) is 24.3 Å². The summed E-state index contributed by atoms with van der Waals surface area (Å²) >= 11 is 5.78. The Labute approximate surface area is 421 Å². The van der Waals surface area contributed by atoms with Gasteiger partial charge in [-0.2, -0.15) is 0 Å². The number of carbonyl (C=O) groups excluding carboxylic acids is 6. The number of hydrogen-bond donors (Lipinski definition) is 2. The lowest BCUT2D eigenvalue weighted by atomic mass is 9.43. The zero-order valence-corrected chi connectivity index (χ0v) is 44.0. The van der Waals surface area contributed by atoms with Gasteiger partial charge in [0, 0.05) is 36.7 Å². The third kappa shape index (κ3) is 9.58. The van der Waals surface area contributed by atoms with Gasteiger partial charge in [0.2, 0.25) is 0 Å². The normalized spacial score (nSPS) is 29.8. The van der Waals surface area contributed by atoms with Crippen molar-refractivity contribution in [1.82, 2.24) is 5.32 Å². The topological polar surface area (TPSA) is 199 Å². The molecule has 71 heavy (non-hydrogen) atoms. The molecule has 2 saturated carbocycles. The maximum absolute atomic E-state index is 15.9. The monoisotopic (exact) mass is 1020 g/mol. The fourth-order valence-corrected chi connectivity index (χ4v) is 12.7. The smallest absolute Gasteiger partial charge is 0.456 e. The number of rotatable bonds is 13. The average molecular weight is 1020 g/mol. The highest BCUT2D eigenvalue weighted by Gasteiger charge is 2.78. The van der Waals surface area contributed by atoms with Gasteiger partial charge >= 0.3 is 24.1 Å². The molecule has 15 nitrogen and oxygen atoms in total. The molecule has 0 radical (unpaired) electrons. The number of carbonyl (C=O) groups is 6. The number of esters is 3. The van der Waals surface area contributed by atoms with Crippen molar-refractivity contribution < 1.29 is 66.7 Å². The number of halogens is 1. The molecule has 2 N–H and O–H groups in total. The van der Waals surface area contributed by atoms with Gasteiger partial charge in [-0.15, -0.1) is 0 Å². The number of ether oxygens (including phenoxy) is 6. The number of benzene rings is 3. The molecule has 0 spiro atoms. The Kier molecular flexibility index (Phi) is 15.0. The van der Waals surface area contributed by atoms with E-state index in [0.29, 0.717) is 22.3 Å². The van der Waals surface area contributed by atoms with Crippen LogP contribution in [0.15, 0.2) is 102 Å². The summed E-state index contributed by atoms with van der Waals surface area (Å²) in [7, 11) is -2.90. The summed E-state index contributed by atoms with van der Waals surface area (Å²) in [6.07, 6.45) is -8.62. The van der Waals surface area contributed by atoms with Crippen molar-refractivity contribution >= 4 is 55.7 Å². The minimum atomic E-state index is -2.90. The van der Waals surface area contributed by atoms with Gasteiger partial charge in [0.25, 0.3) is 5.91 Å². The van der Waals surface area contributed by atoms with Crippen molar-refractivity contribution in [1.29, 1.82) is 0 Å². The second-order valence-corrected chi connectivity index (χ2v) is 26.5. The first-order valence-corrected chi connectivity index (χ1v) is 27.4. The molecular formula is C54H66ClNO14Si. The van der Waals surface area contributed by atoms with Crippen LogP contribution in [-0.4, -0.2) is 104 Å². The molecule has 7 rings (SSSR count). The first kappa shape index (κ1) is 53.4. The van der Waals surface area contributed by atoms with E-state index in [1.165, 1.54) is 19.1 Å². The Morgan fingerprint density at radius 3 is 2.00 bits per heavy atom. The van der Waals surface area contributed by atoms with Crippen LogP contribution in [-0.2, 0) is 47.2 Å². The van der Waals surface area contributed by atoms with Crippen LogP contribution in [0.3, 0.4) is 0 Å². The molecule has 1 heterocycles. The van der Waals surface area contributed by atoms with Crippen molar-refractivity contribution in [2.45, 2.75) is 141 Å². The van der Waals surface area contributed by atoms with E-state index in [1.54, 1.807) is 107 Å². The summed E-state index contributed by atoms with van der Waals surface area (Å²) in [6, 6.07) is 23.9. The number of aliphatic hydroxyl groups is 1. The predicted octanol–water partition coefficient (Wildman–Crippen LogP) is 8.83. The third-order valence-corrected chi connectivity index (χ3v) is 20.7. The van der Waals surface area contributed by atoms with Gasteiger partial charge in [-0.05, 0) is 73.0 Å². The summed E-state index contributed by atoms with van der Waals surface area (Å²) in [5.41, 5.74) is -5.48. The lowest BCUT2D eigenvalue weighted by molar-refractivity contribution is -0.345. The quantitative estimate of drug-likeness (QED) is 0.0541. The summed E-state index contributed by atoms with van der Waals surface area (Å²) in [5, 5.41) is 16.8. The van der Waals surface area contributed by atoms with Crippen LogP contribution in [0.4, 0.5) is 4.79 Å². The highest BCUT2D eigenvalue weighted by Crippen LogP contribution is 2.65. The molecule has 3 aromatic carbocycles. The van der Waals surface area contributed by atoms with E-state index in [-0.39, 0.29) is 18.6 Å². The zero-order valence-electron chi connectivity index (χ0n) is 42.2. The van der Waals surface area contributed by atoms with Crippen LogP contribution in [0.5, 0.6) is 0 Å². The molecule has 3 unspecified atom stereocenters. The molecule has 2 bridgehead atoms. The van der Waals surface area contributed by atoms with Crippen LogP contribution < -0.4 is 5.32 Å². The Morgan fingerprint density at radius 1 is 0.887 bits per heavy atom. The summed E-state index contributed by atoms with van der Waals surface area (Å²) < 4.78 is 43.6. The zero-order chi connectivity index (χ0) is 52.1. The van der Waals surface area contributed by atoms with E-state index in [0.717, 1.165) is 0 Å². The Bertz CT molecular complexity index is 2550. The van der Waals surface area contributed by atoms with Crippen LogP contribution in [0.25, 0.3) is 0 Å². The molecule has 11 atom stereocenters. The van der Waals surface area contributed by atoms with Crippen LogP contribution >= 0.6 is 11.6 Å². The van der Waals surface area contributed by atoms with Gasteiger partial charge in [0.1, 0.15) is 35.8 Å². The number of alkyl halides is 1. The summed E-state index contributed by atoms with van der Waals surface area (Å²) in [4.78, 5) is 86.6. The Balaban J connectivity index is 1.43. The molecule has 3 aliphatic carbocycles. The third-order valence-electron chi connectivity index (χ3n) is 16.1. The van der Waals surface area contributed by atoms with Crippen molar-refractivity contribution in [2.24, 2.45) is 22.7 Å². The van der Waals surface area contributed by atoms with Gasteiger partial charge in [0.15, 0.2) is 26.1 Å². The van der Waals surface area contributed by atoms with Gasteiger partial charge in [-0.25, -0.2) is 14.4 Å². The minimum Gasteiger partial charge on any atom is -0.456 e. The van der Waals surface area contributed by atoms with Crippen LogP contribution in [0, 0.1) is 22.7 Å². The summed E-state index contributed by atoms with van der Waals surface area (Å²) in [6.45, 7) is 19.4. The largest absolute Gasteiger partial charge is 0.509 e.